The average molecular weight is 263 g/mol. The zero-order valence-electron chi connectivity index (χ0n) is 7.89. The quantitative estimate of drug-likeness (QED) is 0.904. The van der Waals surface area contributed by atoms with Crippen LogP contribution in [-0.4, -0.2) is 18.8 Å². The first-order chi connectivity index (χ1) is 6.69. The molecule has 0 saturated heterocycles. The lowest BCUT2D eigenvalue weighted by Gasteiger charge is -2.07. The smallest absolute Gasteiger partial charge is 0.168 e. The van der Waals surface area contributed by atoms with E-state index in [2.05, 4.69) is 15.9 Å². The Morgan fingerprint density at radius 3 is 2.79 bits per heavy atom. The number of halogens is 2. The van der Waals surface area contributed by atoms with Crippen LogP contribution in [0.2, 0.25) is 0 Å². The summed E-state index contributed by atoms with van der Waals surface area (Å²) in [5.74, 6) is -0.114. The molecule has 1 aromatic rings. The van der Waals surface area contributed by atoms with Crippen LogP contribution in [0.1, 0.15) is 12.0 Å². The lowest BCUT2D eigenvalue weighted by Crippen LogP contribution is -1.97. The van der Waals surface area contributed by atoms with Crippen molar-refractivity contribution in [2.24, 2.45) is 0 Å². The molecule has 0 aromatic heterocycles. The first-order valence-corrected chi connectivity index (χ1v) is 5.11. The van der Waals surface area contributed by atoms with Gasteiger partial charge in [0.15, 0.2) is 11.6 Å². The Bertz CT molecular complexity index is 315. The summed E-state index contributed by atoms with van der Waals surface area (Å²) in [7, 11) is 1.43. The van der Waals surface area contributed by atoms with Gasteiger partial charge in [-0.3, -0.25) is 0 Å². The fourth-order valence-corrected chi connectivity index (χ4v) is 1.70. The molecule has 0 spiro atoms. The van der Waals surface area contributed by atoms with Gasteiger partial charge in [0.25, 0.3) is 0 Å². The lowest BCUT2D eigenvalue weighted by molar-refractivity contribution is 0.287. The van der Waals surface area contributed by atoms with Crippen molar-refractivity contribution >= 4 is 15.9 Å². The van der Waals surface area contributed by atoms with Crippen molar-refractivity contribution in [1.82, 2.24) is 0 Å². The van der Waals surface area contributed by atoms with Crippen molar-refractivity contribution in [1.29, 1.82) is 0 Å². The molecule has 0 saturated carbocycles. The molecule has 1 rings (SSSR count). The van der Waals surface area contributed by atoms with Crippen molar-refractivity contribution in [2.75, 3.05) is 13.7 Å². The predicted octanol–water partition coefficient (Wildman–Crippen LogP) is 2.52. The summed E-state index contributed by atoms with van der Waals surface area (Å²) < 4.78 is 19.2. The first kappa shape index (κ1) is 11.5. The molecule has 0 heterocycles. The Labute approximate surface area is 90.8 Å². The Kier molecular flexibility index (Phi) is 4.35. The SMILES string of the molecule is COc1cc(Br)cc(CCCO)c1F. The van der Waals surface area contributed by atoms with Crippen LogP contribution in [0.5, 0.6) is 5.75 Å². The number of benzene rings is 1. The van der Waals surface area contributed by atoms with Gasteiger partial charge >= 0.3 is 0 Å². The first-order valence-electron chi connectivity index (χ1n) is 4.31. The van der Waals surface area contributed by atoms with Gasteiger partial charge in [0, 0.05) is 11.1 Å². The molecule has 1 aromatic carbocycles. The number of aliphatic hydroxyl groups is 1. The molecule has 0 fully saturated rings. The number of methoxy groups -OCH3 is 1. The molecule has 1 N–H and O–H groups in total. The third kappa shape index (κ3) is 2.69. The number of hydrogen-bond donors (Lipinski definition) is 1. The minimum absolute atomic E-state index is 0.0638. The number of aliphatic hydroxyl groups excluding tert-OH is 1. The van der Waals surface area contributed by atoms with E-state index in [0.29, 0.717) is 18.4 Å². The molecular formula is C10H12BrFO2. The maximum atomic E-state index is 13.5. The van der Waals surface area contributed by atoms with Gasteiger partial charge in [0.2, 0.25) is 0 Å². The highest BCUT2D eigenvalue weighted by Gasteiger charge is 2.09. The van der Waals surface area contributed by atoms with E-state index in [1.54, 1.807) is 12.1 Å². The molecule has 78 valence electrons. The normalized spacial score (nSPS) is 10.3. The standard InChI is InChI=1S/C10H12BrFO2/c1-14-9-6-8(11)5-7(10(9)12)3-2-4-13/h5-6,13H,2-4H2,1H3. The van der Waals surface area contributed by atoms with Crippen LogP contribution in [0.4, 0.5) is 4.39 Å². The summed E-state index contributed by atoms with van der Waals surface area (Å²) in [6.45, 7) is 0.0638. The van der Waals surface area contributed by atoms with Crippen molar-refractivity contribution in [3.05, 3.63) is 28.0 Å². The second-order valence-electron chi connectivity index (χ2n) is 2.91. The third-order valence-electron chi connectivity index (χ3n) is 1.90. The molecule has 0 aliphatic carbocycles. The number of ether oxygens (including phenoxy) is 1. The molecule has 0 bridgehead atoms. The molecule has 0 amide bonds. The van der Waals surface area contributed by atoms with Crippen molar-refractivity contribution in [2.45, 2.75) is 12.8 Å². The van der Waals surface area contributed by atoms with Crippen molar-refractivity contribution in [3.8, 4) is 5.75 Å². The molecular weight excluding hydrogens is 251 g/mol. The fourth-order valence-electron chi connectivity index (χ4n) is 1.22. The summed E-state index contributed by atoms with van der Waals surface area (Å²) in [5.41, 5.74) is 0.560. The van der Waals surface area contributed by atoms with Crippen molar-refractivity contribution in [3.63, 3.8) is 0 Å². The van der Waals surface area contributed by atoms with Crippen molar-refractivity contribution < 1.29 is 14.2 Å². The fraction of sp³-hybridized carbons (Fsp3) is 0.400. The Hall–Kier alpha value is -0.610. The van der Waals surface area contributed by atoms with Crippen LogP contribution in [0.3, 0.4) is 0 Å². The van der Waals surface area contributed by atoms with Gasteiger partial charge in [-0.15, -0.1) is 0 Å². The Balaban J connectivity index is 2.96. The molecule has 0 radical (unpaired) electrons. The van der Waals surface area contributed by atoms with E-state index in [4.69, 9.17) is 9.84 Å². The predicted molar refractivity (Wildman–Crippen MR) is 56.1 cm³/mol. The zero-order chi connectivity index (χ0) is 10.6. The summed E-state index contributed by atoms with van der Waals surface area (Å²) in [4.78, 5) is 0. The van der Waals surface area contributed by atoms with Crippen LogP contribution in [0.25, 0.3) is 0 Å². The highest BCUT2D eigenvalue weighted by molar-refractivity contribution is 9.10. The van der Waals surface area contributed by atoms with Crippen LogP contribution in [0, 0.1) is 5.82 Å². The van der Waals surface area contributed by atoms with E-state index in [0.717, 1.165) is 4.47 Å². The molecule has 0 aliphatic heterocycles. The monoisotopic (exact) mass is 262 g/mol. The Morgan fingerprint density at radius 1 is 1.50 bits per heavy atom. The largest absolute Gasteiger partial charge is 0.494 e. The summed E-state index contributed by atoms with van der Waals surface area (Å²) in [5, 5.41) is 8.65. The number of aryl methyl sites for hydroxylation is 1. The molecule has 0 unspecified atom stereocenters. The highest BCUT2D eigenvalue weighted by atomic mass is 79.9. The molecule has 0 aliphatic rings. The van der Waals surface area contributed by atoms with E-state index >= 15 is 0 Å². The molecule has 0 atom stereocenters. The minimum atomic E-state index is -0.343. The average Bonchev–Trinajstić information content (AvgIpc) is 2.18. The number of hydrogen-bond acceptors (Lipinski definition) is 2. The molecule has 2 nitrogen and oxygen atoms in total. The van der Waals surface area contributed by atoms with E-state index < -0.39 is 0 Å². The van der Waals surface area contributed by atoms with E-state index in [-0.39, 0.29) is 18.2 Å². The van der Waals surface area contributed by atoms with Gasteiger partial charge < -0.3 is 9.84 Å². The minimum Gasteiger partial charge on any atom is -0.494 e. The summed E-state index contributed by atoms with van der Waals surface area (Å²) in [6, 6.07) is 3.28. The number of rotatable bonds is 4. The van der Waals surface area contributed by atoms with Gasteiger partial charge in [-0.2, -0.15) is 0 Å². The van der Waals surface area contributed by atoms with E-state index in [9.17, 15) is 4.39 Å². The lowest BCUT2D eigenvalue weighted by atomic mass is 10.1. The Morgan fingerprint density at radius 2 is 2.21 bits per heavy atom. The van der Waals surface area contributed by atoms with Gasteiger partial charge in [0.1, 0.15) is 0 Å². The van der Waals surface area contributed by atoms with E-state index in [1.165, 1.54) is 7.11 Å². The second kappa shape index (κ2) is 5.32. The van der Waals surface area contributed by atoms with E-state index in [1.807, 2.05) is 0 Å². The van der Waals surface area contributed by atoms with Crippen LogP contribution >= 0.6 is 15.9 Å². The van der Waals surface area contributed by atoms with Gasteiger partial charge in [0.05, 0.1) is 7.11 Å². The van der Waals surface area contributed by atoms with Crippen LogP contribution in [-0.2, 0) is 6.42 Å². The molecule has 4 heteroatoms. The summed E-state index contributed by atoms with van der Waals surface area (Å²) >= 11 is 3.27. The summed E-state index contributed by atoms with van der Waals surface area (Å²) in [6.07, 6.45) is 1.06. The topological polar surface area (TPSA) is 29.5 Å². The zero-order valence-corrected chi connectivity index (χ0v) is 9.47. The van der Waals surface area contributed by atoms with Crippen LogP contribution < -0.4 is 4.74 Å². The van der Waals surface area contributed by atoms with Crippen LogP contribution in [0.15, 0.2) is 16.6 Å². The highest BCUT2D eigenvalue weighted by Crippen LogP contribution is 2.26. The van der Waals surface area contributed by atoms with Gasteiger partial charge in [-0.25, -0.2) is 4.39 Å². The maximum absolute atomic E-state index is 13.5. The molecule has 14 heavy (non-hydrogen) atoms. The maximum Gasteiger partial charge on any atom is 0.168 e. The third-order valence-corrected chi connectivity index (χ3v) is 2.36. The van der Waals surface area contributed by atoms with Gasteiger partial charge in [-0.1, -0.05) is 15.9 Å². The second-order valence-corrected chi connectivity index (χ2v) is 3.82. The van der Waals surface area contributed by atoms with Gasteiger partial charge in [-0.05, 0) is 30.5 Å².